The van der Waals surface area contributed by atoms with E-state index in [4.69, 9.17) is 4.74 Å². The number of likely N-dealkylation sites (N-methyl/N-ethyl adjacent to an activating group) is 1. The molecule has 0 amide bonds. The Balaban J connectivity index is 4.04. The average Bonchev–Trinajstić information content (AvgIpc) is 2.50. The number of hydrogen-bond acceptors (Lipinski definition) is 4. The molecule has 0 heterocycles. The van der Waals surface area contributed by atoms with Gasteiger partial charge in [-0.25, -0.2) is 0 Å². The summed E-state index contributed by atoms with van der Waals surface area (Å²) in [6, 6.07) is 0. The van der Waals surface area contributed by atoms with Gasteiger partial charge < -0.3 is 19.1 Å². The number of unbranched alkanes of at least 4 members (excludes halogenated alkanes) is 1. The van der Waals surface area contributed by atoms with Crippen molar-refractivity contribution in [2.24, 2.45) is 0 Å². The zero-order valence-electron chi connectivity index (χ0n) is 16.8. The predicted molar refractivity (Wildman–Crippen MR) is 103 cm³/mol. The maximum absolute atomic E-state index is 11.9. The van der Waals surface area contributed by atoms with Crippen LogP contribution in [-0.2, 0) is 14.3 Å². The number of hydrogen-bond donors (Lipinski definition) is 0. The molecule has 0 spiro atoms. The van der Waals surface area contributed by atoms with Crippen LogP contribution in [0, 0.1) is 0 Å². The van der Waals surface area contributed by atoms with Gasteiger partial charge in [-0.05, 0) is 25.7 Å². The molecule has 0 N–H and O–H groups in total. The van der Waals surface area contributed by atoms with E-state index >= 15 is 0 Å². The molecular weight excluding hydrogens is 330 g/mol. The van der Waals surface area contributed by atoms with Crippen LogP contribution in [0.2, 0.25) is 0 Å². The van der Waals surface area contributed by atoms with Crippen LogP contribution in [0.5, 0.6) is 0 Å². The van der Waals surface area contributed by atoms with Crippen molar-refractivity contribution in [1.29, 1.82) is 0 Å². The van der Waals surface area contributed by atoms with Gasteiger partial charge in [0.15, 0.2) is 6.10 Å². The third kappa shape index (κ3) is 17.0. The molecule has 5 heteroatoms. The molecule has 0 saturated carbocycles. The summed E-state index contributed by atoms with van der Waals surface area (Å²) in [6.07, 6.45) is 16.6. The first-order valence-corrected chi connectivity index (χ1v) is 9.39. The molecule has 0 aliphatic carbocycles. The minimum atomic E-state index is -1.20. The highest BCUT2D eigenvalue weighted by molar-refractivity contribution is 5.71. The second kappa shape index (κ2) is 14.3. The summed E-state index contributed by atoms with van der Waals surface area (Å²) in [6.45, 7) is 2.60. The molecule has 0 aliphatic heterocycles. The summed E-state index contributed by atoms with van der Waals surface area (Å²) in [7, 11) is 5.77. The first-order chi connectivity index (χ1) is 12.2. The molecule has 0 rings (SSSR count). The minimum absolute atomic E-state index is 0.251. The summed E-state index contributed by atoms with van der Waals surface area (Å²) in [5.41, 5.74) is 0. The molecule has 1 atom stereocenters. The fourth-order valence-corrected chi connectivity index (χ4v) is 2.33. The number of quaternary nitrogens is 1. The van der Waals surface area contributed by atoms with E-state index in [9.17, 15) is 14.7 Å². The Hall–Kier alpha value is -1.88. The number of carbonyl (C=O) groups excluding carboxylic acids is 2. The highest BCUT2D eigenvalue weighted by atomic mass is 16.5. The van der Waals surface area contributed by atoms with Crippen LogP contribution in [0.3, 0.4) is 0 Å². The van der Waals surface area contributed by atoms with Gasteiger partial charge in [0, 0.05) is 18.8 Å². The molecular formula is C21H35NO4. The van der Waals surface area contributed by atoms with Gasteiger partial charge in [0.05, 0.1) is 21.1 Å². The third-order valence-corrected chi connectivity index (χ3v) is 3.46. The topological polar surface area (TPSA) is 66.4 Å². The van der Waals surface area contributed by atoms with Crippen LogP contribution < -0.4 is 5.11 Å². The smallest absolute Gasteiger partial charge is 0.306 e. The Labute approximate surface area is 158 Å². The van der Waals surface area contributed by atoms with Gasteiger partial charge in [-0.1, -0.05) is 49.8 Å². The predicted octanol–water partition coefficient (Wildman–Crippen LogP) is 2.77. The van der Waals surface area contributed by atoms with Gasteiger partial charge in [0.25, 0.3) is 0 Å². The van der Waals surface area contributed by atoms with Crippen LogP contribution in [-0.4, -0.2) is 50.2 Å². The van der Waals surface area contributed by atoms with Gasteiger partial charge >= 0.3 is 5.97 Å². The van der Waals surface area contributed by atoms with Crippen LogP contribution in [0.1, 0.15) is 51.9 Å². The van der Waals surface area contributed by atoms with Crippen molar-refractivity contribution in [3.05, 3.63) is 36.5 Å². The summed E-state index contributed by atoms with van der Waals surface area (Å²) >= 11 is 0. The molecule has 0 aromatic carbocycles. The monoisotopic (exact) mass is 365 g/mol. The largest absolute Gasteiger partial charge is 0.550 e. The zero-order chi connectivity index (χ0) is 19.8. The summed E-state index contributed by atoms with van der Waals surface area (Å²) in [5, 5.41) is 10.8. The lowest BCUT2D eigenvalue weighted by atomic mass is 10.2. The van der Waals surface area contributed by atoms with E-state index in [2.05, 4.69) is 31.2 Å². The van der Waals surface area contributed by atoms with E-state index in [-0.39, 0.29) is 18.8 Å². The molecule has 0 aromatic heterocycles. The highest BCUT2D eigenvalue weighted by Gasteiger charge is 2.22. The molecule has 0 radical (unpaired) electrons. The maximum atomic E-state index is 11.9. The van der Waals surface area contributed by atoms with Crippen molar-refractivity contribution in [2.75, 3.05) is 27.7 Å². The number of rotatable bonds is 14. The zero-order valence-corrected chi connectivity index (χ0v) is 16.8. The molecule has 5 nitrogen and oxygen atoms in total. The Morgan fingerprint density at radius 2 is 1.50 bits per heavy atom. The van der Waals surface area contributed by atoms with Crippen molar-refractivity contribution in [1.82, 2.24) is 0 Å². The Kier molecular flexibility index (Phi) is 13.3. The summed E-state index contributed by atoms with van der Waals surface area (Å²) < 4.78 is 5.82. The number of esters is 1. The Bertz CT molecular complexity index is 487. The lowest BCUT2D eigenvalue weighted by Crippen LogP contribution is -2.45. The maximum Gasteiger partial charge on any atom is 0.306 e. The first kappa shape index (κ1) is 24.1. The number of nitrogens with zero attached hydrogens (tertiary/aromatic N) is 1. The van der Waals surface area contributed by atoms with Gasteiger partial charge in [-0.2, -0.15) is 0 Å². The quantitative estimate of drug-likeness (QED) is 0.270. The van der Waals surface area contributed by atoms with Crippen molar-refractivity contribution < 1.29 is 23.9 Å². The number of carboxylic acid groups (broad SMARTS) is 1. The SMILES string of the molecule is CCC/C=C/C/C=C/C/C=C/CCC(=O)OC(CC(=O)[O-])C[N+](C)(C)C. The Morgan fingerprint density at radius 1 is 0.962 bits per heavy atom. The molecule has 26 heavy (non-hydrogen) atoms. The minimum Gasteiger partial charge on any atom is -0.550 e. The van der Waals surface area contributed by atoms with E-state index in [0.29, 0.717) is 17.4 Å². The van der Waals surface area contributed by atoms with Crippen LogP contribution >= 0.6 is 0 Å². The third-order valence-electron chi connectivity index (χ3n) is 3.46. The van der Waals surface area contributed by atoms with E-state index in [1.54, 1.807) is 0 Å². The molecule has 0 aromatic rings. The number of carboxylic acids is 1. The standard InChI is InChI=1S/C21H35NO4/c1-5-6-7-8-9-10-11-12-13-14-15-16-21(25)26-19(17-20(23)24)18-22(2,3)4/h7-8,10-11,13-14,19H,5-6,9,12,15-18H2,1-4H3/b8-7+,11-10+,14-13+. The Morgan fingerprint density at radius 3 is 2.00 bits per heavy atom. The van der Waals surface area contributed by atoms with Crippen LogP contribution in [0.4, 0.5) is 0 Å². The summed E-state index contributed by atoms with van der Waals surface area (Å²) in [5.74, 6) is -1.57. The van der Waals surface area contributed by atoms with E-state index in [0.717, 1.165) is 19.3 Å². The normalized spacial score (nSPS) is 13.7. The summed E-state index contributed by atoms with van der Waals surface area (Å²) in [4.78, 5) is 22.7. The van der Waals surface area contributed by atoms with Gasteiger partial charge in [0.2, 0.25) is 0 Å². The molecule has 1 unspecified atom stereocenters. The second-order valence-electron chi connectivity index (χ2n) is 7.37. The van der Waals surface area contributed by atoms with Crippen LogP contribution in [0.15, 0.2) is 36.5 Å². The lowest BCUT2D eigenvalue weighted by Gasteiger charge is -2.29. The first-order valence-electron chi connectivity index (χ1n) is 9.39. The molecule has 148 valence electrons. The average molecular weight is 366 g/mol. The number of ether oxygens (including phenoxy) is 1. The van der Waals surface area contributed by atoms with Gasteiger partial charge in [-0.3, -0.25) is 4.79 Å². The fourth-order valence-electron chi connectivity index (χ4n) is 2.33. The lowest BCUT2D eigenvalue weighted by molar-refractivity contribution is -0.873. The van der Waals surface area contributed by atoms with Gasteiger partial charge in [0.1, 0.15) is 6.54 Å². The van der Waals surface area contributed by atoms with Crippen LogP contribution in [0.25, 0.3) is 0 Å². The van der Waals surface area contributed by atoms with Crippen molar-refractivity contribution in [3.63, 3.8) is 0 Å². The molecule has 0 aliphatic rings. The van der Waals surface area contributed by atoms with E-state index < -0.39 is 12.1 Å². The number of carbonyl (C=O) groups is 2. The van der Waals surface area contributed by atoms with E-state index in [1.807, 2.05) is 33.3 Å². The molecule has 0 bridgehead atoms. The number of allylic oxidation sites excluding steroid dienone is 6. The van der Waals surface area contributed by atoms with Crippen molar-refractivity contribution >= 4 is 11.9 Å². The van der Waals surface area contributed by atoms with E-state index in [1.165, 1.54) is 6.42 Å². The van der Waals surface area contributed by atoms with Crippen molar-refractivity contribution in [3.8, 4) is 0 Å². The highest BCUT2D eigenvalue weighted by Crippen LogP contribution is 2.07. The molecule has 0 fully saturated rings. The number of aliphatic carboxylic acids is 1. The second-order valence-corrected chi connectivity index (χ2v) is 7.37. The molecule has 0 saturated heterocycles. The van der Waals surface area contributed by atoms with Gasteiger partial charge in [-0.15, -0.1) is 0 Å². The van der Waals surface area contributed by atoms with Crippen molar-refractivity contribution in [2.45, 2.75) is 58.0 Å². The fraction of sp³-hybridized carbons (Fsp3) is 0.619.